The third-order valence-corrected chi connectivity index (χ3v) is 10.5. The zero-order valence-corrected chi connectivity index (χ0v) is 19.2. The molecule has 5 rings (SSSR count). The van der Waals surface area contributed by atoms with Crippen molar-refractivity contribution in [1.29, 1.82) is 0 Å². The fraction of sp³-hybridized carbons (Fsp3) is 0.960. The average Bonchev–Trinajstić information content (AvgIpc) is 3.29. The van der Waals surface area contributed by atoms with Crippen LogP contribution in [0.25, 0.3) is 0 Å². The Hall–Kier alpha value is -0.650. The van der Waals surface area contributed by atoms with Gasteiger partial charge in [-0.3, -0.25) is 4.79 Å². The highest BCUT2D eigenvalue weighted by atomic mass is 16.7. The van der Waals surface area contributed by atoms with E-state index in [1.165, 1.54) is 26.2 Å². The molecule has 5 aliphatic rings. The first-order chi connectivity index (χ1) is 14.2. The molecule has 9 atom stereocenters. The molecule has 4 aliphatic carbocycles. The maximum absolute atomic E-state index is 11.5. The van der Waals surface area contributed by atoms with Gasteiger partial charge >= 0.3 is 5.97 Å². The molecule has 1 saturated heterocycles. The number of carbonyl (C=O) groups is 1. The molecule has 0 aromatic heterocycles. The summed E-state index contributed by atoms with van der Waals surface area (Å²) in [7, 11) is 0. The van der Waals surface area contributed by atoms with Crippen molar-refractivity contribution in [2.75, 3.05) is 13.2 Å². The summed E-state index contributed by atoms with van der Waals surface area (Å²) in [6.07, 6.45) is 8.56. The van der Waals surface area contributed by atoms with Gasteiger partial charge in [-0.1, -0.05) is 13.8 Å². The number of aliphatic hydroxyl groups is 1. The molecule has 1 N–H and O–H groups in total. The normalized spacial score (nSPS) is 50.4. The van der Waals surface area contributed by atoms with Gasteiger partial charge in [-0.05, 0) is 86.9 Å². The molecule has 4 saturated carbocycles. The molecule has 5 unspecified atom stereocenters. The van der Waals surface area contributed by atoms with Crippen molar-refractivity contribution in [3.8, 4) is 0 Å². The van der Waals surface area contributed by atoms with Crippen LogP contribution in [-0.2, 0) is 19.0 Å². The van der Waals surface area contributed by atoms with Gasteiger partial charge in [-0.2, -0.15) is 0 Å². The van der Waals surface area contributed by atoms with Gasteiger partial charge in [-0.15, -0.1) is 0 Å². The molecule has 5 nitrogen and oxygen atoms in total. The van der Waals surface area contributed by atoms with Crippen molar-refractivity contribution < 1.29 is 24.1 Å². The van der Waals surface area contributed by atoms with Crippen LogP contribution in [-0.4, -0.2) is 42.3 Å². The Morgan fingerprint density at radius 1 is 1.07 bits per heavy atom. The first-order valence-electron chi connectivity index (χ1n) is 12.3. The lowest BCUT2D eigenvalue weighted by Gasteiger charge is -2.65. The van der Waals surface area contributed by atoms with Gasteiger partial charge < -0.3 is 19.3 Å². The monoisotopic (exact) mass is 420 g/mol. The predicted molar refractivity (Wildman–Crippen MR) is 112 cm³/mol. The van der Waals surface area contributed by atoms with Crippen molar-refractivity contribution in [1.82, 2.24) is 0 Å². The lowest BCUT2D eigenvalue weighted by molar-refractivity contribution is -0.316. The van der Waals surface area contributed by atoms with E-state index in [9.17, 15) is 9.90 Å². The van der Waals surface area contributed by atoms with Crippen LogP contribution in [0.4, 0.5) is 0 Å². The minimum Gasteiger partial charge on any atom is -0.463 e. The maximum atomic E-state index is 11.5. The molecule has 0 radical (unpaired) electrons. The van der Waals surface area contributed by atoms with Gasteiger partial charge in [0, 0.05) is 18.8 Å². The van der Waals surface area contributed by atoms with E-state index in [0.29, 0.717) is 36.9 Å². The molecule has 170 valence electrons. The molecular formula is C25H40O5. The fourth-order valence-corrected chi connectivity index (χ4v) is 9.20. The number of hydrogen-bond donors (Lipinski definition) is 1. The highest BCUT2D eigenvalue weighted by Crippen LogP contribution is 2.71. The second kappa shape index (κ2) is 7.18. The standard InChI is InChI=1S/C25H40O5/c1-15(26)20-7-8-21-19-6-5-17-13-18(30-16(2)27)9-10-23(17,3)22(19)14-25(24(20,21)4)28-11-12-29-25/h15,17-22,26H,5-14H2,1-4H3/t15?,17-,18-,19?,20?,21?,22?,23-,24+/m0/s1. The summed E-state index contributed by atoms with van der Waals surface area (Å²) in [5.74, 6) is 1.97. The van der Waals surface area contributed by atoms with E-state index < -0.39 is 5.79 Å². The average molecular weight is 421 g/mol. The number of carbonyl (C=O) groups excluding carboxylic acids is 1. The highest BCUT2D eigenvalue weighted by molar-refractivity contribution is 5.66. The molecule has 0 aromatic rings. The predicted octanol–water partition coefficient (Wildman–Crippen LogP) is 4.31. The fourth-order valence-electron chi connectivity index (χ4n) is 9.20. The van der Waals surface area contributed by atoms with E-state index in [4.69, 9.17) is 14.2 Å². The Morgan fingerprint density at radius 2 is 1.80 bits per heavy atom. The molecule has 1 heterocycles. The second-order valence-corrected chi connectivity index (χ2v) is 11.5. The summed E-state index contributed by atoms with van der Waals surface area (Å²) < 4.78 is 18.7. The maximum Gasteiger partial charge on any atom is 0.302 e. The smallest absolute Gasteiger partial charge is 0.302 e. The Bertz CT molecular complexity index is 685. The second-order valence-electron chi connectivity index (χ2n) is 11.5. The summed E-state index contributed by atoms with van der Waals surface area (Å²) >= 11 is 0. The summed E-state index contributed by atoms with van der Waals surface area (Å²) in [6, 6.07) is 0. The molecule has 5 heteroatoms. The van der Waals surface area contributed by atoms with E-state index in [1.807, 2.05) is 6.92 Å². The van der Waals surface area contributed by atoms with Crippen molar-refractivity contribution in [3.63, 3.8) is 0 Å². The van der Waals surface area contributed by atoms with Crippen LogP contribution < -0.4 is 0 Å². The van der Waals surface area contributed by atoms with E-state index in [2.05, 4.69) is 13.8 Å². The van der Waals surface area contributed by atoms with Crippen molar-refractivity contribution in [3.05, 3.63) is 0 Å². The van der Waals surface area contributed by atoms with Crippen LogP contribution in [0.15, 0.2) is 0 Å². The summed E-state index contributed by atoms with van der Waals surface area (Å²) in [5.41, 5.74) is 0.142. The molecular weight excluding hydrogens is 380 g/mol. The molecule has 30 heavy (non-hydrogen) atoms. The van der Waals surface area contributed by atoms with Gasteiger partial charge in [0.15, 0.2) is 5.79 Å². The number of ether oxygens (including phenoxy) is 3. The van der Waals surface area contributed by atoms with Gasteiger partial charge in [0.1, 0.15) is 6.10 Å². The van der Waals surface area contributed by atoms with Gasteiger partial charge in [0.05, 0.1) is 19.3 Å². The highest BCUT2D eigenvalue weighted by Gasteiger charge is 2.71. The minimum absolute atomic E-state index is 0.0880. The number of rotatable bonds is 2. The number of esters is 1. The van der Waals surface area contributed by atoms with Gasteiger partial charge in [0.25, 0.3) is 0 Å². The van der Waals surface area contributed by atoms with Gasteiger partial charge in [0.2, 0.25) is 0 Å². The van der Waals surface area contributed by atoms with Crippen molar-refractivity contribution in [2.45, 2.75) is 97.1 Å². The largest absolute Gasteiger partial charge is 0.463 e. The molecule has 0 amide bonds. The lowest BCUT2D eigenvalue weighted by Crippen LogP contribution is -2.65. The third-order valence-electron chi connectivity index (χ3n) is 10.5. The third kappa shape index (κ3) is 2.80. The Balaban J connectivity index is 1.48. The van der Waals surface area contributed by atoms with E-state index >= 15 is 0 Å². The molecule has 0 bridgehead atoms. The molecule has 1 spiro atoms. The first-order valence-corrected chi connectivity index (χ1v) is 12.3. The van der Waals surface area contributed by atoms with Gasteiger partial charge in [-0.25, -0.2) is 0 Å². The van der Waals surface area contributed by atoms with E-state index in [-0.39, 0.29) is 34.9 Å². The lowest BCUT2D eigenvalue weighted by atomic mass is 9.43. The quantitative estimate of drug-likeness (QED) is 0.675. The number of fused-ring (bicyclic) bond motifs is 6. The van der Waals surface area contributed by atoms with Crippen LogP contribution in [0.1, 0.15) is 79.1 Å². The topological polar surface area (TPSA) is 65.0 Å². The Labute approximate surface area is 181 Å². The molecule has 1 aliphatic heterocycles. The van der Waals surface area contributed by atoms with Crippen molar-refractivity contribution in [2.24, 2.45) is 40.4 Å². The van der Waals surface area contributed by atoms with Crippen LogP contribution in [0.5, 0.6) is 0 Å². The summed E-state index contributed by atoms with van der Waals surface area (Å²) in [6.45, 7) is 9.70. The van der Waals surface area contributed by atoms with E-state index in [1.54, 1.807) is 0 Å². The zero-order chi connectivity index (χ0) is 21.3. The Kier molecular flexibility index (Phi) is 5.08. The van der Waals surface area contributed by atoms with Crippen LogP contribution in [0, 0.1) is 40.4 Å². The van der Waals surface area contributed by atoms with Crippen LogP contribution in [0.3, 0.4) is 0 Å². The SMILES string of the molecule is CC(=O)O[C@H]1CC[C@]2(C)C3CC4(OCCO4)[C@]4(C)C(C(C)O)CCC4C3CC[C@H]2C1. The Morgan fingerprint density at radius 3 is 2.47 bits per heavy atom. The molecule has 5 fully saturated rings. The number of hydrogen-bond acceptors (Lipinski definition) is 5. The van der Waals surface area contributed by atoms with Crippen molar-refractivity contribution >= 4 is 5.97 Å². The minimum atomic E-state index is -0.547. The zero-order valence-electron chi connectivity index (χ0n) is 19.2. The number of aliphatic hydroxyl groups excluding tert-OH is 1. The summed E-state index contributed by atoms with van der Waals surface area (Å²) in [4.78, 5) is 11.5. The van der Waals surface area contributed by atoms with Crippen LogP contribution >= 0.6 is 0 Å². The van der Waals surface area contributed by atoms with Crippen LogP contribution in [0.2, 0.25) is 0 Å². The summed E-state index contributed by atoms with van der Waals surface area (Å²) in [5, 5.41) is 10.7. The molecule has 0 aromatic carbocycles. The van der Waals surface area contributed by atoms with E-state index in [0.717, 1.165) is 32.1 Å². The first kappa shape index (κ1) is 21.2.